The van der Waals surface area contributed by atoms with E-state index in [9.17, 15) is 9.59 Å². The zero-order valence-electron chi connectivity index (χ0n) is 19.1. The summed E-state index contributed by atoms with van der Waals surface area (Å²) in [5, 5.41) is 3.37. The van der Waals surface area contributed by atoms with Gasteiger partial charge in [-0.2, -0.15) is 0 Å². The fourth-order valence-corrected chi connectivity index (χ4v) is 5.65. The summed E-state index contributed by atoms with van der Waals surface area (Å²) in [6.45, 7) is 6.62. The maximum Gasteiger partial charge on any atom is 0.283 e. The molecule has 8 heteroatoms. The SMILES string of the molecule is Cn1c(=O)c(SCC(=O)NCCCN2CCC(N3CCCCC3)CC2)nc2ccccc21. The molecule has 7 nitrogen and oxygen atoms in total. The first-order valence-electron chi connectivity index (χ1n) is 11.9. The van der Waals surface area contributed by atoms with E-state index in [4.69, 9.17) is 0 Å². The number of amides is 1. The lowest BCUT2D eigenvalue weighted by Crippen LogP contribution is -2.47. The second-order valence-corrected chi connectivity index (χ2v) is 9.90. The van der Waals surface area contributed by atoms with Crippen molar-refractivity contribution in [3.05, 3.63) is 34.6 Å². The first-order valence-corrected chi connectivity index (χ1v) is 12.9. The number of hydrogen-bond donors (Lipinski definition) is 1. The number of aryl methyl sites for hydroxylation is 1. The molecular formula is C24H35N5O2S. The summed E-state index contributed by atoms with van der Waals surface area (Å²) in [4.78, 5) is 34.4. The molecule has 32 heavy (non-hydrogen) atoms. The van der Waals surface area contributed by atoms with Gasteiger partial charge in [0.2, 0.25) is 5.91 Å². The first kappa shape index (κ1) is 23.3. The molecule has 2 saturated heterocycles. The quantitative estimate of drug-likeness (QED) is 0.485. The Bertz CT molecular complexity index is 965. The van der Waals surface area contributed by atoms with Gasteiger partial charge in [-0.25, -0.2) is 4.98 Å². The molecule has 0 unspecified atom stereocenters. The first-order chi connectivity index (χ1) is 15.6. The van der Waals surface area contributed by atoms with Gasteiger partial charge in [-0.15, -0.1) is 0 Å². The summed E-state index contributed by atoms with van der Waals surface area (Å²) in [5.74, 6) is 0.165. The molecule has 1 amide bonds. The summed E-state index contributed by atoms with van der Waals surface area (Å²) in [6.07, 6.45) is 7.64. The van der Waals surface area contributed by atoms with Crippen LogP contribution in [0.25, 0.3) is 11.0 Å². The number of para-hydroxylation sites is 2. The van der Waals surface area contributed by atoms with Gasteiger partial charge in [0.1, 0.15) is 0 Å². The highest BCUT2D eigenvalue weighted by Crippen LogP contribution is 2.21. The Morgan fingerprint density at radius 1 is 1.12 bits per heavy atom. The molecule has 174 valence electrons. The fourth-order valence-electron chi connectivity index (χ4n) is 4.85. The van der Waals surface area contributed by atoms with Crippen LogP contribution in [0.2, 0.25) is 0 Å². The maximum atomic E-state index is 12.5. The molecule has 0 bridgehead atoms. The van der Waals surface area contributed by atoms with Gasteiger partial charge in [0.05, 0.1) is 16.8 Å². The lowest BCUT2D eigenvalue weighted by atomic mass is 10.00. The highest BCUT2D eigenvalue weighted by molar-refractivity contribution is 7.99. The van der Waals surface area contributed by atoms with Crippen LogP contribution in [0.5, 0.6) is 0 Å². The molecule has 0 radical (unpaired) electrons. The van der Waals surface area contributed by atoms with Gasteiger partial charge >= 0.3 is 0 Å². The van der Waals surface area contributed by atoms with Crippen molar-refractivity contribution in [2.45, 2.75) is 49.6 Å². The highest BCUT2D eigenvalue weighted by atomic mass is 32.2. The lowest BCUT2D eigenvalue weighted by Gasteiger charge is -2.40. The minimum absolute atomic E-state index is 0.0455. The number of thioether (sulfide) groups is 1. The summed E-state index contributed by atoms with van der Waals surface area (Å²) in [6, 6.07) is 8.33. The lowest BCUT2D eigenvalue weighted by molar-refractivity contribution is -0.118. The average Bonchev–Trinajstić information content (AvgIpc) is 2.84. The highest BCUT2D eigenvalue weighted by Gasteiger charge is 2.25. The van der Waals surface area contributed by atoms with E-state index in [0.29, 0.717) is 11.6 Å². The van der Waals surface area contributed by atoms with E-state index in [1.165, 1.54) is 70.0 Å². The van der Waals surface area contributed by atoms with Gasteiger partial charge in [-0.3, -0.25) is 9.59 Å². The van der Waals surface area contributed by atoms with Crippen LogP contribution in [0, 0.1) is 0 Å². The monoisotopic (exact) mass is 457 g/mol. The topological polar surface area (TPSA) is 70.5 Å². The Hall–Kier alpha value is -1.90. The van der Waals surface area contributed by atoms with Crippen LogP contribution in [-0.4, -0.2) is 76.3 Å². The van der Waals surface area contributed by atoms with E-state index in [1.807, 2.05) is 24.3 Å². The van der Waals surface area contributed by atoms with Crippen molar-refractivity contribution in [3.8, 4) is 0 Å². The number of carbonyl (C=O) groups is 1. The number of carbonyl (C=O) groups excluding carboxylic acids is 1. The normalized spacial score (nSPS) is 18.8. The third-order valence-electron chi connectivity index (χ3n) is 6.73. The average molecular weight is 458 g/mol. The van der Waals surface area contributed by atoms with Crippen LogP contribution < -0.4 is 10.9 Å². The number of nitrogens with one attached hydrogen (secondary N) is 1. The standard InChI is InChI=1S/C24H35N5O2S/c1-27-21-9-4-3-8-20(21)26-23(24(27)31)32-18-22(30)25-12-7-13-28-16-10-19(11-17-28)29-14-5-2-6-15-29/h3-4,8-9,19H,2,5-7,10-18H2,1H3,(H,25,30). The van der Waals surface area contributed by atoms with Gasteiger partial charge < -0.3 is 19.7 Å². The molecule has 1 aromatic heterocycles. The van der Waals surface area contributed by atoms with Gasteiger partial charge in [0.25, 0.3) is 5.56 Å². The fraction of sp³-hybridized carbons (Fsp3) is 0.625. The Kier molecular flexibility index (Phi) is 8.21. The van der Waals surface area contributed by atoms with E-state index in [-0.39, 0.29) is 17.2 Å². The number of likely N-dealkylation sites (tertiary alicyclic amines) is 2. The molecule has 0 atom stereocenters. The Morgan fingerprint density at radius 2 is 1.88 bits per heavy atom. The van der Waals surface area contributed by atoms with E-state index in [2.05, 4.69) is 20.1 Å². The number of piperidine rings is 2. The third kappa shape index (κ3) is 5.91. The summed E-state index contributed by atoms with van der Waals surface area (Å²) >= 11 is 1.21. The molecule has 4 rings (SSSR count). The second kappa shape index (κ2) is 11.3. The number of benzene rings is 1. The molecule has 0 saturated carbocycles. The predicted octanol–water partition coefficient (Wildman–Crippen LogP) is 2.48. The molecule has 0 aliphatic carbocycles. The van der Waals surface area contributed by atoms with Gasteiger partial charge in [-0.05, 0) is 77.0 Å². The summed E-state index contributed by atoms with van der Waals surface area (Å²) < 4.78 is 1.59. The van der Waals surface area contributed by atoms with Crippen molar-refractivity contribution in [1.29, 1.82) is 0 Å². The molecular weight excluding hydrogens is 422 g/mol. The third-order valence-corrected chi connectivity index (χ3v) is 7.68. The van der Waals surface area contributed by atoms with Crippen LogP contribution >= 0.6 is 11.8 Å². The molecule has 2 fully saturated rings. The van der Waals surface area contributed by atoms with Crippen LogP contribution in [0.1, 0.15) is 38.5 Å². The van der Waals surface area contributed by atoms with Gasteiger partial charge in [-0.1, -0.05) is 30.3 Å². The molecule has 2 aliphatic heterocycles. The second-order valence-electron chi connectivity index (χ2n) is 8.93. The zero-order valence-corrected chi connectivity index (χ0v) is 19.9. The Labute approximate surface area is 194 Å². The van der Waals surface area contributed by atoms with E-state index < -0.39 is 0 Å². The van der Waals surface area contributed by atoms with Crippen LogP contribution in [0.15, 0.2) is 34.1 Å². The zero-order chi connectivity index (χ0) is 22.3. The molecule has 2 aliphatic rings. The number of aromatic nitrogens is 2. The van der Waals surface area contributed by atoms with Crippen LogP contribution in [-0.2, 0) is 11.8 Å². The number of hydrogen-bond acceptors (Lipinski definition) is 6. The number of fused-ring (bicyclic) bond motifs is 1. The van der Waals surface area contributed by atoms with Gasteiger partial charge in [0, 0.05) is 19.6 Å². The minimum atomic E-state index is -0.158. The van der Waals surface area contributed by atoms with E-state index >= 15 is 0 Å². The summed E-state index contributed by atoms with van der Waals surface area (Å²) in [5.41, 5.74) is 1.40. The van der Waals surface area contributed by atoms with E-state index in [1.54, 1.807) is 11.6 Å². The number of nitrogens with zero attached hydrogens (tertiary/aromatic N) is 4. The smallest absolute Gasteiger partial charge is 0.283 e. The van der Waals surface area contributed by atoms with Gasteiger partial charge in [0.15, 0.2) is 5.03 Å². The molecule has 1 aromatic carbocycles. The maximum absolute atomic E-state index is 12.5. The van der Waals surface area contributed by atoms with Crippen LogP contribution in [0.4, 0.5) is 0 Å². The largest absolute Gasteiger partial charge is 0.355 e. The molecule has 2 aromatic rings. The van der Waals surface area contributed by atoms with Crippen molar-refractivity contribution in [2.75, 3.05) is 45.0 Å². The van der Waals surface area contributed by atoms with Crippen molar-refractivity contribution in [2.24, 2.45) is 7.05 Å². The summed E-state index contributed by atoms with van der Waals surface area (Å²) in [7, 11) is 1.74. The van der Waals surface area contributed by atoms with Crippen molar-refractivity contribution < 1.29 is 4.79 Å². The van der Waals surface area contributed by atoms with Crippen molar-refractivity contribution in [3.63, 3.8) is 0 Å². The van der Waals surface area contributed by atoms with Crippen LogP contribution in [0.3, 0.4) is 0 Å². The minimum Gasteiger partial charge on any atom is -0.355 e. The molecule has 0 spiro atoms. The van der Waals surface area contributed by atoms with Crippen molar-refractivity contribution >= 4 is 28.7 Å². The molecule has 3 heterocycles. The Balaban J connectivity index is 1.14. The van der Waals surface area contributed by atoms with Crippen molar-refractivity contribution in [1.82, 2.24) is 24.7 Å². The Morgan fingerprint density at radius 3 is 2.66 bits per heavy atom. The van der Waals surface area contributed by atoms with E-state index in [0.717, 1.165) is 30.0 Å². The molecule has 1 N–H and O–H groups in total. The number of rotatable bonds is 8. The predicted molar refractivity (Wildman–Crippen MR) is 130 cm³/mol.